The van der Waals surface area contributed by atoms with Crippen LogP contribution in [0.2, 0.25) is 0 Å². The molecule has 1 amide bonds. The first-order chi connectivity index (χ1) is 11.8. The Balaban J connectivity index is 1.59. The Hall–Kier alpha value is -3.28. The van der Waals surface area contributed by atoms with Gasteiger partial charge in [0.2, 0.25) is 12.7 Å². The molecule has 5 rings (SSSR count). The lowest BCUT2D eigenvalue weighted by molar-refractivity contribution is -0.118. The minimum Gasteiger partial charge on any atom is -0.454 e. The number of amides is 1. The van der Waals surface area contributed by atoms with Crippen LogP contribution in [0, 0.1) is 0 Å². The predicted molar refractivity (Wildman–Crippen MR) is 85.9 cm³/mol. The molecule has 118 valence electrons. The number of rotatable bonds is 1. The summed E-state index contributed by atoms with van der Waals surface area (Å²) >= 11 is 0. The summed E-state index contributed by atoms with van der Waals surface area (Å²) in [6.45, 7) is 0.165. The molecule has 0 spiro atoms. The number of hydrogen-bond acceptors (Lipinski definition) is 5. The second-order valence-corrected chi connectivity index (χ2v) is 5.59. The van der Waals surface area contributed by atoms with Crippen molar-refractivity contribution in [1.29, 1.82) is 0 Å². The molecule has 0 bridgehead atoms. The topological polar surface area (TPSA) is 69.2 Å². The number of aliphatic imine (C=N–C) groups is 1. The standard InChI is InChI=1S/C18H12N2O4/c21-17-12-8-10-4-1-2-6-13(10)24-18(12)20-16(19-17)11-5-3-7-14-15(11)23-9-22-14/h1-8,16H,9H2,(H,19,21)/t16-/m0/s1. The van der Waals surface area contributed by atoms with Crippen LogP contribution >= 0.6 is 0 Å². The fourth-order valence-electron chi connectivity index (χ4n) is 2.99. The molecule has 0 saturated heterocycles. The molecule has 1 atom stereocenters. The van der Waals surface area contributed by atoms with Crippen molar-refractivity contribution in [3.63, 3.8) is 0 Å². The Morgan fingerprint density at radius 1 is 1.04 bits per heavy atom. The van der Waals surface area contributed by atoms with Crippen molar-refractivity contribution >= 4 is 17.9 Å². The van der Waals surface area contributed by atoms with E-state index < -0.39 is 6.17 Å². The van der Waals surface area contributed by atoms with Crippen LogP contribution in [0.25, 0.3) is 6.08 Å². The Labute approximate surface area is 137 Å². The van der Waals surface area contributed by atoms with Crippen LogP contribution < -0.4 is 19.5 Å². The second kappa shape index (κ2) is 4.86. The molecule has 0 aliphatic carbocycles. The largest absolute Gasteiger partial charge is 0.454 e. The van der Waals surface area contributed by atoms with Crippen molar-refractivity contribution in [1.82, 2.24) is 5.32 Å². The van der Waals surface area contributed by atoms with E-state index in [0.29, 0.717) is 28.7 Å². The zero-order valence-corrected chi connectivity index (χ0v) is 12.5. The highest BCUT2D eigenvalue weighted by Gasteiger charge is 2.33. The minimum atomic E-state index is -0.577. The first-order valence-electron chi connectivity index (χ1n) is 7.56. The average molecular weight is 320 g/mol. The second-order valence-electron chi connectivity index (χ2n) is 5.59. The van der Waals surface area contributed by atoms with Gasteiger partial charge in [-0.1, -0.05) is 30.3 Å². The third-order valence-corrected chi connectivity index (χ3v) is 4.14. The van der Waals surface area contributed by atoms with Gasteiger partial charge in [0.25, 0.3) is 5.91 Å². The normalized spacial score (nSPS) is 20.2. The smallest absolute Gasteiger partial charge is 0.258 e. The monoisotopic (exact) mass is 320 g/mol. The van der Waals surface area contributed by atoms with E-state index in [1.54, 1.807) is 6.08 Å². The SMILES string of the molecule is O=C1N[C@H](c2cccc3c2OCO3)N=C2Oc3ccccc3C=C12. The Bertz CT molecular complexity index is 932. The van der Waals surface area contributed by atoms with E-state index >= 15 is 0 Å². The Morgan fingerprint density at radius 3 is 2.88 bits per heavy atom. The lowest BCUT2D eigenvalue weighted by Crippen LogP contribution is -2.39. The third kappa shape index (κ3) is 1.89. The molecule has 0 fully saturated rings. The molecule has 2 aromatic rings. The number of nitrogens with zero attached hydrogens (tertiary/aromatic N) is 1. The molecule has 6 nitrogen and oxygen atoms in total. The van der Waals surface area contributed by atoms with Crippen LogP contribution in [-0.4, -0.2) is 18.6 Å². The lowest BCUT2D eigenvalue weighted by atomic mass is 10.0. The number of para-hydroxylation sites is 2. The van der Waals surface area contributed by atoms with Gasteiger partial charge in [0.15, 0.2) is 17.7 Å². The summed E-state index contributed by atoms with van der Waals surface area (Å²) < 4.78 is 16.7. The predicted octanol–water partition coefficient (Wildman–Crippen LogP) is 2.42. The first-order valence-corrected chi connectivity index (χ1v) is 7.56. The van der Waals surface area contributed by atoms with Crippen molar-refractivity contribution in [2.75, 3.05) is 6.79 Å². The van der Waals surface area contributed by atoms with E-state index in [-0.39, 0.29) is 12.7 Å². The summed E-state index contributed by atoms with van der Waals surface area (Å²) in [6.07, 6.45) is 1.21. The molecule has 3 aliphatic heterocycles. The summed E-state index contributed by atoms with van der Waals surface area (Å²) in [5.74, 6) is 2.04. The molecule has 2 aromatic carbocycles. The Morgan fingerprint density at radius 2 is 1.92 bits per heavy atom. The molecular formula is C18H12N2O4. The van der Waals surface area contributed by atoms with Gasteiger partial charge < -0.3 is 19.5 Å². The summed E-state index contributed by atoms with van der Waals surface area (Å²) in [6, 6.07) is 13.1. The molecular weight excluding hydrogens is 308 g/mol. The van der Waals surface area contributed by atoms with Gasteiger partial charge in [-0.25, -0.2) is 4.99 Å². The molecule has 3 heterocycles. The number of carbonyl (C=O) groups excluding carboxylic acids is 1. The van der Waals surface area contributed by atoms with Gasteiger partial charge in [0, 0.05) is 11.1 Å². The van der Waals surface area contributed by atoms with Gasteiger partial charge in [0.1, 0.15) is 11.3 Å². The highest BCUT2D eigenvalue weighted by molar-refractivity contribution is 6.24. The van der Waals surface area contributed by atoms with E-state index in [4.69, 9.17) is 14.2 Å². The summed E-state index contributed by atoms with van der Waals surface area (Å²) in [7, 11) is 0. The zero-order valence-electron chi connectivity index (χ0n) is 12.5. The summed E-state index contributed by atoms with van der Waals surface area (Å²) in [5, 5.41) is 2.88. The minimum absolute atomic E-state index is 0.165. The van der Waals surface area contributed by atoms with Crippen LogP contribution in [0.3, 0.4) is 0 Å². The van der Waals surface area contributed by atoms with Crippen molar-refractivity contribution in [3.8, 4) is 17.2 Å². The molecule has 1 N–H and O–H groups in total. The van der Waals surface area contributed by atoms with Crippen LogP contribution in [0.5, 0.6) is 17.2 Å². The van der Waals surface area contributed by atoms with Gasteiger partial charge in [-0.15, -0.1) is 0 Å². The molecule has 0 radical (unpaired) electrons. The number of fused-ring (bicyclic) bond motifs is 3. The fourth-order valence-corrected chi connectivity index (χ4v) is 2.99. The molecule has 6 heteroatoms. The van der Waals surface area contributed by atoms with Gasteiger partial charge in [0.05, 0.1) is 0 Å². The molecule has 3 aliphatic rings. The summed E-state index contributed by atoms with van der Waals surface area (Å²) in [5.41, 5.74) is 2.03. The number of nitrogens with one attached hydrogen (secondary N) is 1. The highest BCUT2D eigenvalue weighted by atomic mass is 16.7. The van der Waals surface area contributed by atoms with Crippen molar-refractivity contribution in [2.45, 2.75) is 6.17 Å². The fraction of sp³-hybridized carbons (Fsp3) is 0.111. The number of benzene rings is 2. The quantitative estimate of drug-likeness (QED) is 0.876. The van der Waals surface area contributed by atoms with Crippen molar-refractivity contribution < 1.29 is 19.0 Å². The van der Waals surface area contributed by atoms with Crippen LogP contribution in [0.1, 0.15) is 17.3 Å². The maximum Gasteiger partial charge on any atom is 0.258 e. The van der Waals surface area contributed by atoms with E-state index in [0.717, 1.165) is 11.1 Å². The van der Waals surface area contributed by atoms with Crippen LogP contribution in [0.4, 0.5) is 0 Å². The Kier molecular flexibility index (Phi) is 2.67. The van der Waals surface area contributed by atoms with E-state index in [1.165, 1.54) is 0 Å². The first kappa shape index (κ1) is 13.2. The van der Waals surface area contributed by atoms with Gasteiger partial charge in [-0.05, 0) is 18.2 Å². The number of ether oxygens (including phenoxy) is 3. The average Bonchev–Trinajstić information content (AvgIpc) is 3.09. The maximum absolute atomic E-state index is 12.5. The van der Waals surface area contributed by atoms with Gasteiger partial charge in [-0.2, -0.15) is 0 Å². The van der Waals surface area contributed by atoms with Crippen molar-refractivity contribution in [2.24, 2.45) is 4.99 Å². The molecule has 24 heavy (non-hydrogen) atoms. The summed E-state index contributed by atoms with van der Waals surface area (Å²) in [4.78, 5) is 17.1. The maximum atomic E-state index is 12.5. The van der Waals surface area contributed by atoms with Crippen LogP contribution in [-0.2, 0) is 4.79 Å². The van der Waals surface area contributed by atoms with E-state index in [1.807, 2.05) is 42.5 Å². The molecule has 0 saturated carbocycles. The highest BCUT2D eigenvalue weighted by Crippen LogP contribution is 2.40. The number of carbonyl (C=O) groups is 1. The van der Waals surface area contributed by atoms with Gasteiger partial charge in [-0.3, -0.25) is 4.79 Å². The van der Waals surface area contributed by atoms with E-state index in [2.05, 4.69) is 10.3 Å². The van der Waals surface area contributed by atoms with Crippen LogP contribution in [0.15, 0.2) is 53.0 Å². The van der Waals surface area contributed by atoms with E-state index in [9.17, 15) is 4.79 Å². The van der Waals surface area contributed by atoms with Gasteiger partial charge >= 0.3 is 0 Å². The molecule has 0 unspecified atom stereocenters. The zero-order chi connectivity index (χ0) is 16.1. The number of hydrogen-bond donors (Lipinski definition) is 1. The third-order valence-electron chi connectivity index (χ3n) is 4.14. The lowest BCUT2D eigenvalue weighted by Gasteiger charge is -2.27. The van der Waals surface area contributed by atoms with Crippen molar-refractivity contribution in [3.05, 3.63) is 59.2 Å². The molecule has 0 aromatic heterocycles.